The first-order chi connectivity index (χ1) is 4.12. The molecule has 0 heterocycles. The Morgan fingerprint density at radius 2 is 2.11 bits per heavy atom. The summed E-state index contributed by atoms with van der Waals surface area (Å²) in [6.45, 7) is 0.309. The molecule has 0 spiro atoms. The van der Waals surface area contributed by atoms with Crippen molar-refractivity contribution in [3.63, 3.8) is 0 Å². The molecule has 0 N–H and O–H groups in total. The number of hydrogen-bond acceptors (Lipinski definition) is 3. The molecule has 56 valence electrons. The van der Waals surface area contributed by atoms with Gasteiger partial charge in [0.05, 0.1) is 12.4 Å². The number of hydrogen-bond donors (Lipinski definition) is 0. The molecule has 9 heavy (non-hydrogen) atoms. The van der Waals surface area contributed by atoms with Crippen LogP contribution < -0.4 is 0 Å². The summed E-state index contributed by atoms with van der Waals surface area (Å²) in [4.78, 5) is 0. The summed E-state index contributed by atoms with van der Waals surface area (Å²) in [6.07, 6.45) is 0. The molecule has 3 nitrogen and oxygen atoms in total. The summed E-state index contributed by atoms with van der Waals surface area (Å²) in [5.74, 6) is -0.104. The van der Waals surface area contributed by atoms with Crippen molar-refractivity contribution < 1.29 is 17.0 Å². The topological polar surface area (TPSA) is 43.4 Å². The third-order valence-electron chi connectivity index (χ3n) is 0.694. The zero-order valence-electron chi connectivity index (χ0n) is 5.13. The molecule has 0 aromatic carbocycles. The van der Waals surface area contributed by atoms with Crippen LogP contribution in [-0.2, 0) is 14.3 Å². The standard InChI is InChI=1S/C4H9FO3S/c1-2-9(6,7)8-4-3-5/h2-4H2,1H3. The van der Waals surface area contributed by atoms with Crippen LogP contribution in [-0.4, -0.2) is 27.5 Å². The van der Waals surface area contributed by atoms with Crippen LogP contribution in [0.2, 0.25) is 0 Å². The summed E-state index contributed by atoms with van der Waals surface area (Å²) in [5, 5.41) is 0. The summed E-state index contributed by atoms with van der Waals surface area (Å²) in [5.41, 5.74) is 0. The van der Waals surface area contributed by atoms with E-state index in [1.54, 1.807) is 0 Å². The second-order valence-corrected chi connectivity index (χ2v) is 3.29. The van der Waals surface area contributed by atoms with Gasteiger partial charge in [-0.3, -0.25) is 4.18 Å². The Morgan fingerprint density at radius 1 is 1.56 bits per heavy atom. The summed E-state index contributed by atoms with van der Waals surface area (Å²) < 4.78 is 36.1. The maximum absolute atomic E-state index is 11.3. The van der Waals surface area contributed by atoms with Gasteiger partial charge in [-0.05, 0) is 6.92 Å². The minimum absolute atomic E-state index is 0.104. The molecular weight excluding hydrogens is 147 g/mol. The van der Waals surface area contributed by atoms with Gasteiger partial charge in [0.25, 0.3) is 10.1 Å². The summed E-state index contributed by atoms with van der Waals surface area (Å²) in [7, 11) is -3.42. The van der Waals surface area contributed by atoms with Gasteiger partial charge in [-0.2, -0.15) is 8.42 Å². The highest BCUT2D eigenvalue weighted by Gasteiger charge is 2.04. The summed E-state index contributed by atoms with van der Waals surface area (Å²) >= 11 is 0. The zero-order valence-corrected chi connectivity index (χ0v) is 5.95. The fourth-order valence-electron chi connectivity index (χ4n) is 0.242. The van der Waals surface area contributed by atoms with E-state index in [-0.39, 0.29) is 12.4 Å². The van der Waals surface area contributed by atoms with E-state index < -0.39 is 16.8 Å². The lowest BCUT2D eigenvalue weighted by atomic mass is 10.9. The van der Waals surface area contributed by atoms with E-state index >= 15 is 0 Å². The maximum atomic E-state index is 11.3. The highest BCUT2D eigenvalue weighted by molar-refractivity contribution is 7.86. The van der Waals surface area contributed by atoms with Gasteiger partial charge in [-0.25, -0.2) is 4.39 Å². The van der Waals surface area contributed by atoms with Gasteiger partial charge >= 0.3 is 0 Å². The second kappa shape index (κ2) is 3.79. The Labute approximate surface area is 53.9 Å². The van der Waals surface area contributed by atoms with Gasteiger partial charge in [-0.15, -0.1) is 0 Å². The van der Waals surface area contributed by atoms with Crippen LogP contribution in [0.3, 0.4) is 0 Å². The average Bonchev–Trinajstić information content (AvgIpc) is 1.84. The van der Waals surface area contributed by atoms with Gasteiger partial charge in [-0.1, -0.05) is 0 Å². The lowest BCUT2D eigenvalue weighted by Crippen LogP contribution is -2.09. The Hall–Kier alpha value is -0.160. The first kappa shape index (κ1) is 8.84. The average molecular weight is 156 g/mol. The third kappa shape index (κ3) is 4.35. The molecule has 0 unspecified atom stereocenters. The van der Waals surface area contributed by atoms with Crippen LogP contribution in [0.25, 0.3) is 0 Å². The van der Waals surface area contributed by atoms with Crippen molar-refractivity contribution >= 4 is 10.1 Å². The Balaban J connectivity index is 3.61. The molecular formula is C4H9FO3S. The van der Waals surface area contributed by atoms with Crippen LogP contribution >= 0.6 is 0 Å². The van der Waals surface area contributed by atoms with Crippen molar-refractivity contribution in [2.75, 3.05) is 19.0 Å². The highest BCUT2D eigenvalue weighted by Crippen LogP contribution is 1.90. The van der Waals surface area contributed by atoms with E-state index in [1.807, 2.05) is 0 Å². The van der Waals surface area contributed by atoms with Gasteiger partial charge in [0.1, 0.15) is 6.67 Å². The predicted octanol–water partition coefficient (Wildman–Crippen LogP) is 0.322. The van der Waals surface area contributed by atoms with Crippen molar-refractivity contribution in [3.8, 4) is 0 Å². The first-order valence-electron chi connectivity index (χ1n) is 2.55. The molecule has 0 aliphatic rings. The van der Waals surface area contributed by atoms with E-state index in [9.17, 15) is 12.8 Å². The lowest BCUT2D eigenvalue weighted by Gasteiger charge is -1.97. The van der Waals surface area contributed by atoms with Crippen LogP contribution in [0.1, 0.15) is 6.92 Å². The van der Waals surface area contributed by atoms with Crippen LogP contribution in [0, 0.1) is 0 Å². The fraction of sp³-hybridized carbons (Fsp3) is 1.00. The molecule has 0 radical (unpaired) electrons. The maximum Gasteiger partial charge on any atom is 0.267 e. The monoisotopic (exact) mass is 156 g/mol. The van der Waals surface area contributed by atoms with Crippen LogP contribution in [0.5, 0.6) is 0 Å². The Morgan fingerprint density at radius 3 is 2.44 bits per heavy atom. The molecule has 5 heteroatoms. The zero-order chi connectivity index (χ0) is 7.33. The molecule has 0 aromatic rings. The molecule has 0 amide bonds. The van der Waals surface area contributed by atoms with Gasteiger partial charge < -0.3 is 0 Å². The molecule has 0 fully saturated rings. The van der Waals surface area contributed by atoms with Gasteiger partial charge in [0.15, 0.2) is 0 Å². The van der Waals surface area contributed by atoms with Crippen molar-refractivity contribution in [2.45, 2.75) is 6.92 Å². The number of halogens is 1. The SMILES string of the molecule is CCS(=O)(=O)OCCF. The van der Waals surface area contributed by atoms with Crippen molar-refractivity contribution in [3.05, 3.63) is 0 Å². The highest BCUT2D eigenvalue weighted by atomic mass is 32.2. The largest absolute Gasteiger partial charge is 0.267 e. The van der Waals surface area contributed by atoms with Crippen molar-refractivity contribution in [1.29, 1.82) is 0 Å². The van der Waals surface area contributed by atoms with E-state index in [1.165, 1.54) is 6.92 Å². The molecule has 0 aliphatic heterocycles. The molecule has 0 saturated heterocycles. The van der Waals surface area contributed by atoms with Crippen LogP contribution in [0.4, 0.5) is 4.39 Å². The molecule has 0 rings (SSSR count). The fourth-order valence-corrected chi connectivity index (χ4v) is 0.725. The molecule has 0 saturated carbocycles. The quantitative estimate of drug-likeness (QED) is 0.550. The van der Waals surface area contributed by atoms with E-state index in [4.69, 9.17) is 0 Å². The Kier molecular flexibility index (Phi) is 3.72. The normalized spacial score (nSPS) is 11.8. The third-order valence-corrected chi connectivity index (χ3v) is 1.93. The molecule has 0 aromatic heterocycles. The minimum atomic E-state index is -3.42. The van der Waals surface area contributed by atoms with Gasteiger partial charge in [0.2, 0.25) is 0 Å². The number of rotatable bonds is 4. The summed E-state index contributed by atoms with van der Waals surface area (Å²) in [6, 6.07) is 0. The molecule has 0 atom stereocenters. The minimum Gasteiger partial charge on any atom is -0.267 e. The molecule has 0 bridgehead atoms. The predicted molar refractivity (Wildman–Crippen MR) is 31.4 cm³/mol. The van der Waals surface area contributed by atoms with E-state index in [2.05, 4.69) is 4.18 Å². The second-order valence-electron chi connectivity index (χ2n) is 1.36. The van der Waals surface area contributed by atoms with E-state index in [0.29, 0.717) is 0 Å². The van der Waals surface area contributed by atoms with Crippen molar-refractivity contribution in [1.82, 2.24) is 0 Å². The molecule has 0 aliphatic carbocycles. The Bertz CT molecular complexity index is 151. The first-order valence-corrected chi connectivity index (χ1v) is 4.13. The smallest absolute Gasteiger partial charge is 0.267 e. The van der Waals surface area contributed by atoms with E-state index in [0.717, 1.165) is 0 Å². The number of alkyl halides is 1. The van der Waals surface area contributed by atoms with Gasteiger partial charge in [0, 0.05) is 0 Å². The lowest BCUT2D eigenvalue weighted by molar-refractivity contribution is 0.277. The van der Waals surface area contributed by atoms with Crippen LogP contribution in [0.15, 0.2) is 0 Å². The van der Waals surface area contributed by atoms with Crippen molar-refractivity contribution in [2.24, 2.45) is 0 Å².